The van der Waals surface area contributed by atoms with E-state index in [1.807, 2.05) is 10.9 Å². The zero-order valence-corrected chi connectivity index (χ0v) is 7.59. The van der Waals surface area contributed by atoms with Crippen molar-refractivity contribution >= 4 is 11.6 Å². The zero-order valence-electron chi connectivity index (χ0n) is 6.83. The molecular formula is C8H12ClN3. The summed E-state index contributed by atoms with van der Waals surface area (Å²) in [6, 6.07) is 0.541. The second-order valence-electron chi connectivity index (χ2n) is 3.12. The van der Waals surface area contributed by atoms with E-state index in [1.165, 1.54) is 0 Å². The minimum absolute atomic E-state index is 0.541. The van der Waals surface area contributed by atoms with Crippen LogP contribution in [0.25, 0.3) is 0 Å². The summed E-state index contributed by atoms with van der Waals surface area (Å²) in [5, 5.41) is 8.24. The van der Waals surface area contributed by atoms with Crippen molar-refractivity contribution in [1.29, 1.82) is 0 Å². The van der Waals surface area contributed by atoms with Crippen LogP contribution in [0.1, 0.15) is 18.9 Å². The average molecular weight is 186 g/mol. The Labute approximate surface area is 76.7 Å². The van der Waals surface area contributed by atoms with Gasteiger partial charge < -0.3 is 5.32 Å². The normalized spacial score (nSPS) is 19.8. The standard InChI is InChI=1S/C8H12ClN3/c9-7-5-11-12(6-7)8-1-3-10-4-2-8/h5-6,8,10H,1-4H2. The number of hydrogen-bond donors (Lipinski definition) is 1. The zero-order chi connectivity index (χ0) is 8.39. The molecule has 1 aliphatic heterocycles. The molecule has 0 bridgehead atoms. The van der Waals surface area contributed by atoms with E-state index in [-0.39, 0.29) is 0 Å². The van der Waals surface area contributed by atoms with Gasteiger partial charge in [-0.2, -0.15) is 5.10 Å². The Kier molecular flexibility index (Phi) is 2.33. The first-order valence-corrected chi connectivity index (χ1v) is 4.64. The fourth-order valence-corrected chi connectivity index (χ4v) is 1.73. The van der Waals surface area contributed by atoms with Crippen molar-refractivity contribution in [2.24, 2.45) is 0 Å². The first-order chi connectivity index (χ1) is 5.86. The van der Waals surface area contributed by atoms with Crippen molar-refractivity contribution in [3.63, 3.8) is 0 Å². The number of piperidine rings is 1. The lowest BCUT2D eigenvalue weighted by Gasteiger charge is -2.22. The van der Waals surface area contributed by atoms with Gasteiger partial charge in [0.15, 0.2) is 0 Å². The van der Waals surface area contributed by atoms with Crippen LogP contribution < -0.4 is 5.32 Å². The van der Waals surface area contributed by atoms with E-state index in [0.717, 1.165) is 31.0 Å². The van der Waals surface area contributed by atoms with Crippen LogP contribution in [0.2, 0.25) is 5.02 Å². The topological polar surface area (TPSA) is 29.9 Å². The van der Waals surface area contributed by atoms with Gasteiger partial charge in [-0.1, -0.05) is 11.6 Å². The Morgan fingerprint density at radius 2 is 2.25 bits per heavy atom. The van der Waals surface area contributed by atoms with E-state index in [4.69, 9.17) is 11.6 Å². The third kappa shape index (κ3) is 1.62. The van der Waals surface area contributed by atoms with Gasteiger partial charge in [-0.3, -0.25) is 4.68 Å². The van der Waals surface area contributed by atoms with Crippen molar-refractivity contribution in [3.8, 4) is 0 Å². The highest BCUT2D eigenvalue weighted by Crippen LogP contribution is 2.19. The molecule has 2 rings (SSSR count). The molecule has 0 aliphatic carbocycles. The lowest BCUT2D eigenvalue weighted by Crippen LogP contribution is -2.29. The molecule has 1 aromatic rings. The van der Waals surface area contributed by atoms with Gasteiger partial charge in [0, 0.05) is 6.20 Å². The summed E-state index contributed by atoms with van der Waals surface area (Å²) in [6.07, 6.45) is 5.90. The van der Waals surface area contributed by atoms with Crippen LogP contribution in [0, 0.1) is 0 Å². The molecule has 0 aromatic carbocycles. The summed E-state index contributed by atoms with van der Waals surface area (Å²) >= 11 is 5.78. The third-order valence-electron chi connectivity index (χ3n) is 2.25. The smallest absolute Gasteiger partial charge is 0.0785 e. The van der Waals surface area contributed by atoms with Crippen LogP contribution in [0.3, 0.4) is 0 Å². The number of nitrogens with zero attached hydrogens (tertiary/aromatic N) is 2. The maximum atomic E-state index is 5.78. The molecule has 0 amide bonds. The molecule has 0 radical (unpaired) electrons. The van der Waals surface area contributed by atoms with Gasteiger partial charge >= 0.3 is 0 Å². The van der Waals surface area contributed by atoms with Crippen molar-refractivity contribution in [3.05, 3.63) is 17.4 Å². The Morgan fingerprint density at radius 3 is 2.83 bits per heavy atom. The Hall–Kier alpha value is -0.540. The minimum atomic E-state index is 0.541. The molecule has 0 atom stereocenters. The van der Waals surface area contributed by atoms with E-state index in [0.29, 0.717) is 6.04 Å². The van der Waals surface area contributed by atoms with Gasteiger partial charge in [0.2, 0.25) is 0 Å². The first kappa shape index (κ1) is 8.08. The second-order valence-corrected chi connectivity index (χ2v) is 3.56. The van der Waals surface area contributed by atoms with Gasteiger partial charge in [-0.25, -0.2) is 0 Å². The van der Waals surface area contributed by atoms with Crippen LogP contribution in [-0.2, 0) is 0 Å². The Bertz CT molecular complexity index is 253. The SMILES string of the molecule is Clc1cnn(C2CCNCC2)c1. The van der Waals surface area contributed by atoms with Crippen LogP contribution in [0.15, 0.2) is 12.4 Å². The van der Waals surface area contributed by atoms with E-state index in [2.05, 4.69) is 10.4 Å². The van der Waals surface area contributed by atoms with Crippen LogP contribution in [-0.4, -0.2) is 22.9 Å². The molecule has 3 nitrogen and oxygen atoms in total. The van der Waals surface area contributed by atoms with Gasteiger partial charge in [0.25, 0.3) is 0 Å². The largest absolute Gasteiger partial charge is 0.317 e. The molecule has 1 aromatic heterocycles. The maximum absolute atomic E-state index is 5.78. The van der Waals surface area contributed by atoms with Crippen molar-refractivity contribution in [2.75, 3.05) is 13.1 Å². The van der Waals surface area contributed by atoms with Gasteiger partial charge in [-0.05, 0) is 25.9 Å². The Morgan fingerprint density at radius 1 is 1.50 bits per heavy atom. The summed E-state index contributed by atoms with van der Waals surface area (Å²) in [6.45, 7) is 2.17. The van der Waals surface area contributed by atoms with Crippen molar-refractivity contribution in [2.45, 2.75) is 18.9 Å². The lowest BCUT2D eigenvalue weighted by molar-refractivity contribution is 0.343. The third-order valence-corrected chi connectivity index (χ3v) is 2.45. The van der Waals surface area contributed by atoms with E-state index in [9.17, 15) is 0 Å². The van der Waals surface area contributed by atoms with Crippen LogP contribution in [0.5, 0.6) is 0 Å². The maximum Gasteiger partial charge on any atom is 0.0785 e. The van der Waals surface area contributed by atoms with Gasteiger partial charge in [0.1, 0.15) is 0 Å². The highest BCUT2D eigenvalue weighted by molar-refractivity contribution is 6.30. The molecule has 1 aliphatic rings. The van der Waals surface area contributed by atoms with Gasteiger partial charge in [0.05, 0.1) is 17.3 Å². The lowest BCUT2D eigenvalue weighted by atomic mass is 10.1. The molecule has 0 unspecified atom stereocenters. The molecule has 66 valence electrons. The van der Waals surface area contributed by atoms with Gasteiger partial charge in [-0.15, -0.1) is 0 Å². The quantitative estimate of drug-likeness (QED) is 0.718. The first-order valence-electron chi connectivity index (χ1n) is 4.26. The van der Waals surface area contributed by atoms with Crippen LogP contribution in [0.4, 0.5) is 0 Å². The molecule has 0 saturated carbocycles. The highest BCUT2D eigenvalue weighted by Gasteiger charge is 2.14. The molecule has 1 N–H and O–H groups in total. The van der Waals surface area contributed by atoms with Crippen LogP contribution >= 0.6 is 11.6 Å². The molecule has 1 saturated heterocycles. The summed E-state index contributed by atoms with van der Waals surface area (Å²) in [5.41, 5.74) is 0. The summed E-state index contributed by atoms with van der Waals surface area (Å²) < 4.78 is 1.98. The summed E-state index contributed by atoms with van der Waals surface area (Å²) in [5.74, 6) is 0. The van der Waals surface area contributed by atoms with Crippen molar-refractivity contribution < 1.29 is 0 Å². The molecule has 12 heavy (non-hydrogen) atoms. The number of hydrogen-bond acceptors (Lipinski definition) is 2. The fourth-order valence-electron chi connectivity index (χ4n) is 1.59. The molecule has 0 spiro atoms. The summed E-state index contributed by atoms with van der Waals surface area (Å²) in [4.78, 5) is 0. The minimum Gasteiger partial charge on any atom is -0.317 e. The number of nitrogens with one attached hydrogen (secondary N) is 1. The van der Waals surface area contributed by atoms with E-state index >= 15 is 0 Å². The number of halogens is 1. The van der Waals surface area contributed by atoms with Crippen molar-refractivity contribution in [1.82, 2.24) is 15.1 Å². The van der Waals surface area contributed by atoms with E-state index < -0.39 is 0 Å². The highest BCUT2D eigenvalue weighted by atomic mass is 35.5. The average Bonchev–Trinajstić information content (AvgIpc) is 2.54. The Balaban J connectivity index is 2.08. The molecular weight excluding hydrogens is 174 g/mol. The second kappa shape index (κ2) is 3.46. The molecule has 1 fully saturated rings. The predicted molar refractivity (Wildman–Crippen MR) is 48.4 cm³/mol. The molecule has 2 heterocycles. The monoisotopic (exact) mass is 185 g/mol. The fraction of sp³-hybridized carbons (Fsp3) is 0.625. The van der Waals surface area contributed by atoms with E-state index in [1.54, 1.807) is 6.20 Å². The molecule has 4 heteroatoms. The predicted octanol–water partition coefficient (Wildman–Crippen LogP) is 1.46. The number of rotatable bonds is 1. The number of aromatic nitrogens is 2. The summed E-state index contributed by atoms with van der Waals surface area (Å²) in [7, 11) is 0.